The van der Waals surface area contributed by atoms with E-state index in [4.69, 9.17) is 0 Å². The summed E-state index contributed by atoms with van der Waals surface area (Å²) in [5, 5.41) is 3.23. The van der Waals surface area contributed by atoms with Crippen molar-refractivity contribution in [3.05, 3.63) is 64.1 Å². The van der Waals surface area contributed by atoms with Crippen LogP contribution in [0.2, 0.25) is 0 Å². The monoisotopic (exact) mass is 360 g/mol. The van der Waals surface area contributed by atoms with Gasteiger partial charge in [-0.2, -0.15) is 0 Å². The van der Waals surface area contributed by atoms with Crippen molar-refractivity contribution in [1.29, 1.82) is 0 Å². The Morgan fingerprint density at radius 2 is 1.91 bits per heavy atom. The molecule has 0 saturated heterocycles. The van der Waals surface area contributed by atoms with Crippen LogP contribution in [0, 0.1) is 6.92 Å². The SMILES string of the molecule is CCN(Cc1ccccc1)C(=O)CNc1ccc(Br)cc1C. The highest BCUT2D eigenvalue weighted by atomic mass is 79.9. The van der Waals surface area contributed by atoms with Crippen LogP contribution in [0.25, 0.3) is 0 Å². The molecule has 116 valence electrons. The summed E-state index contributed by atoms with van der Waals surface area (Å²) >= 11 is 3.44. The van der Waals surface area contributed by atoms with Gasteiger partial charge in [-0.1, -0.05) is 46.3 Å². The van der Waals surface area contributed by atoms with Crippen LogP contribution < -0.4 is 5.32 Å². The third-order valence-corrected chi connectivity index (χ3v) is 4.06. The fourth-order valence-corrected chi connectivity index (χ4v) is 2.76. The van der Waals surface area contributed by atoms with Crippen LogP contribution in [-0.2, 0) is 11.3 Å². The number of hydrogen-bond acceptors (Lipinski definition) is 2. The van der Waals surface area contributed by atoms with Crippen molar-refractivity contribution in [2.45, 2.75) is 20.4 Å². The van der Waals surface area contributed by atoms with Crippen molar-refractivity contribution in [3.63, 3.8) is 0 Å². The topological polar surface area (TPSA) is 32.3 Å². The second kappa shape index (κ2) is 7.99. The van der Waals surface area contributed by atoms with Crippen LogP contribution in [0.3, 0.4) is 0 Å². The summed E-state index contributed by atoms with van der Waals surface area (Å²) < 4.78 is 1.04. The first-order valence-electron chi connectivity index (χ1n) is 7.42. The molecule has 2 rings (SSSR count). The predicted octanol–water partition coefficient (Wildman–Crippen LogP) is 4.22. The average molecular weight is 361 g/mol. The van der Waals surface area contributed by atoms with Crippen molar-refractivity contribution < 1.29 is 4.79 Å². The van der Waals surface area contributed by atoms with Crippen LogP contribution >= 0.6 is 15.9 Å². The highest BCUT2D eigenvalue weighted by Gasteiger charge is 2.12. The Morgan fingerprint density at radius 1 is 1.18 bits per heavy atom. The van der Waals surface area contributed by atoms with Crippen molar-refractivity contribution in [2.75, 3.05) is 18.4 Å². The number of likely N-dealkylation sites (N-methyl/N-ethyl adjacent to an activating group) is 1. The largest absolute Gasteiger partial charge is 0.376 e. The minimum atomic E-state index is 0.105. The zero-order valence-corrected chi connectivity index (χ0v) is 14.6. The Hall–Kier alpha value is -1.81. The Morgan fingerprint density at radius 3 is 2.55 bits per heavy atom. The summed E-state index contributed by atoms with van der Waals surface area (Å²) in [7, 11) is 0. The number of aryl methyl sites for hydroxylation is 1. The molecule has 0 unspecified atom stereocenters. The van der Waals surface area contributed by atoms with Gasteiger partial charge in [0.15, 0.2) is 0 Å². The number of carbonyl (C=O) groups is 1. The van der Waals surface area contributed by atoms with Crippen LogP contribution in [0.1, 0.15) is 18.1 Å². The maximum atomic E-state index is 12.4. The van der Waals surface area contributed by atoms with Gasteiger partial charge in [0.25, 0.3) is 0 Å². The molecule has 0 aliphatic heterocycles. The minimum Gasteiger partial charge on any atom is -0.376 e. The first-order valence-corrected chi connectivity index (χ1v) is 8.21. The van der Waals surface area contributed by atoms with Crippen LogP contribution in [0.5, 0.6) is 0 Å². The highest BCUT2D eigenvalue weighted by Crippen LogP contribution is 2.19. The summed E-state index contributed by atoms with van der Waals surface area (Å²) in [6, 6.07) is 16.1. The molecular formula is C18H21BrN2O. The van der Waals surface area contributed by atoms with Gasteiger partial charge in [0.05, 0.1) is 6.54 Å². The Labute approximate surface area is 140 Å². The number of amides is 1. The van der Waals surface area contributed by atoms with E-state index in [0.29, 0.717) is 19.6 Å². The lowest BCUT2D eigenvalue weighted by Crippen LogP contribution is -2.35. The molecule has 1 N–H and O–H groups in total. The first-order chi connectivity index (χ1) is 10.6. The van der Waals surface area contributed by atoms with E-state index in [1.54, 1.807) is 0 Å². The van der Waals surface area contributed by atoms with Crippen molar-refractivity contribution >= 4 is 27.5 Å². The van der Waals surface area contributed by atoms with Crippen molar-refractivity contribution in [3.8, 4) is 0 Å². The summed E-state index contributed by atoms with van der Waals surface area (Å²) in [6.07, 6.45) is 0. The average Bonchev–Trinajstić information content (AvgIpc) is 2.52. The lowest BCUT2D eigenvalue weighted by atomic mass is 10.2. The number of halogens is 1. The van der Waals surface area contributed by atoms with Gasteiger partial charge in [0.1, 0.15) is 0 Å². The van der Waals surface area contributed by atoms with Gasteiger partial charge in [-0.25, -0.2) is 0 Å². The first kappa shape index (κ1) is 16.6. The quantitative estimate of drug-likeness (QED) is 0.836. The second-order valence-electron chi connectivity index (χ2n) is 5.21. The molecule has 0 spiro atoms. The van der Waals surface area contributed by atoms with E-state index in [9.17, 15) is 4.79 Å². The molecule has 0 aromatic heterocycles. The zero-order valence-electron chi connectivity index (χ0n) is 13.0. The molecule has 3 nitrogen and oxygen atoms in total. The van der Waals surface area contributed by atoms with E-state index in [2.05, 4.69) is 21.2 Å². The number of anilines is 1. The molecule has 2 aromatic rings. The molecule has 0 aliphatic carbocycles. The Balaban J connectivity index is 1.94. The molecule has 0 bridgehead atoms. The lowest BCUT2D eigenvalue weighted by molar-refractivity contribution is -0.129. The summed E-state index contributed by atoms with van der Waals surface area (Å²) in [6.45, 7) is 5.69. The number of rotatable bonds is 6. The molecule has 4 heteroatoms. The molecule has 0 aliphatic rings. The maximum absolute atomic E-state index is 12.4. The van der Waals surface area contributed by atoms with Crippen molar-refractivity contribution in [1.82, 2.24) is 4.90 Å². The predicted molar refractivity (Wildman–Crippen MR) is 94.9 cm³/mol. The summed E-state index contributed by atoms with van der Waals surface area (Å²) in [5.74, 6) is 0.105. The fraction of sp³-hybridized carbons (Fsp3) is 0.278. The van der Waals surface area contributed by atoms with E-state index < -0.39 is 0 Å². The number of benzene rings is 2. The summed E-state index contributed by atoms with van der Waals surface area (Å²) in [5.41, 5.74) is 3.26. The minimum absolute atomic E-state index is 0.105. The standard InChI is InChI=1S/C18H21BrN2O/c1-3-21(13-15-7-5-4-6-8-15)18(22)12-20-17-10-9-16(19)11-14(17)2/h4-11,20H,3,12-13H2,1-2H3. The molecule has 22 heavy (non-hydrogen) atoms. The summed E-state index contributed by atoms with van der Waals surface area (Å²) in [4.78, 5) is 14.2. The molecule has 2 aromatic carbocycles. The fourth-order valence-electron chi connectivity index (χ4n) is 2.29. The number of carbonyl (C=O) groups excluding carboxylic acids is 1. The highest BCUT2D eigenvalue weighted by molar-refractivity contribution is 9.10. The van der Waals surface area contributed by atoms with E-state index in [0.717, 1.165) is 21.3 Å². The normalized spacial score (nSPS) is 10.3. The smallest absolute Gasteiger partial charge is 0.242 e. The Kier molecular flexibility index (Phi) is 6.01. The van der Waals surface area contributed by atoms with Gasteiger partial charge in [-0.3, -0.25) is 4.79 Å². The molecule has 0 saturated carbocycles. The van der Waals surface area contributed by atoms with Gasteiger partial charge in [-0.05, 0) is 43.2 Å². The molecule has 1 amide bonds. The van der Waals surface area contributed by atoms with Gasteiger partial charge in [0, 0.05) is 23.2 Å². The van der Waals surface area contributed by atoms with Gasteiger partial charge in [-0.15, -0.1) is 0 Å². The Bertz CT molecular complexity index is 628. The maximum Gasteiger partial charge on any atom is 0.242 e. The van der Waals surface area contributed by atoms with Crippen LogP contribution in [0.4, 0.5) is 5.69 Å². The third kappa shape index (κ3) is 4.60. The van der Waals surface area contributed by atoms with E-state index in [1.165, 1.54) is 0 Å². The van der Waals surface area contributed by atoms with Crippen LogP contribution in [0.15, 0.2) is 53.0 Å². The molecule has 0 fully saturated rings. The van der Waals surface area contributed by atoms with E-state index >= 15 is 0 Å². The van der Waals surface area contributed by atoms with Gasteiger partial charge >= 0.3 is 0 Å². The van der Waals surface area contributed by atoms with E-state index in [1.807, 2.05) is 67.3 Å². The second-order valence-corrected chi connectivity index (χ2v) is 6.12. The number of hydrogen-bond donors (Lipinski definition) is 1. The number of nitrogens with zero attached hydrogens (tertiary/aromatic N) is 1. The molecule has 0 radical (unpaired) electrons. The molecule has 0 atom stereocenters. The van der Waals surface area contributed by atoms with Crippen LogP contribution in [-0.4, -0.2) is 23.9 Å². The zero-order chi connectivity index (χ0) is 15.9. The molecule has 0 heterocycles. The third-order valence-electron chi connectivity index (χ3n) is 3.57. The lowest BCUT2D eigenvalue weighted by Gasteiger charge is -2.22. The van der Waals surface area contributed by atoms with Crippen molar-refractivity contribution in [2.24, 2.45) is 0 Å². The van der Waals surface area contributed by atoms with E-state index in [-0.39, 0.29) is 5.91 Å². The van der Waals surface area contributed by atoms with Gasteiger partial charge in [0.2, 0.25) is 5.91 Å². The van der Waals surface area contributed by atoms with Gasteiger partial charge < -0.3 is 10.2 Å². The number of nitrogens with one attached hydrogen (secondary N) is 1. The molecular weight excluding hydrogens is 340 g/mol.